The largest absolute Gasteiger partial charge is 0.504 e. The van der Waals surface area contributed by atoms with E-state index in [0.29, 0.717) is 6.07 Å². The molecule has 39 heavy (non-hydrogen) atoms. The quantitative estimate of drug-likeness (QED) is 0.194. The summed E-state index contributed by atoms with van der Waals surface area (Å²) in [7, 11) is -4.95. The first kappa shape index (κ1) is 29.8. The van der Waals surface area contributed by atoms with Crippen LogP contribution in [0.3, 0.4) is 0 Å². The zero-order valence-corrected chi connectivity index (χ0v) is 21.5. The third-order valence-electron chi connectivity index (χ3n) is 5.50. The summed E-state index contributed by atoms with van der Waals surface area (Å²) < 4.78 is 62.3. The standard InChI is InChI=1S/C26H25F3N3O6P/c1-25(30,16-38-39(34,35)36)24(33)32-20-14-21(26(27,28)29)23(22(15-20)31-2)37-13-12-17-8-10-19(11-9-17)18-6-4-3-5-7-18/h3-11,14-15H,12-13,16,30H2,1H3,(H,32,33)(H2,34,35,36)/t25-/m0/s1. The number of nitrogens with zero attached hydrogens (tertiary/aromatic N) is 1. The van der Waals surface area contributed by atoms with Gasteiger partial charge in [-0.15, -0.1) is 0 Å². The number of amides is 1. The molecule has 3 rings (SSSR count). The van der Waals surface area contributed by atoms with Gasteiger partial charge >= 0.3 is 14.0 Å². The normalized spacial score (nSPS) is 13.3. The van der Waals surface area contributed by atoms with E-state index in [9.17, 15) is 22.5 Å². The number of phosphoric acid groups is 1. The number of carbonyl (C=O) groups excluding carboxylic acids is 1. The molecule has 1 atom stereocenters. The monoisotopic (exact) mass is 563 g/mol. The van der Waals surface area contributed by atoms with Gasteiger partial charge in [-0.3, -0.25) is 9.32 Å². The zero-order valence-electron chi connectivity index (χ0n) is 20.6. The highest BCUT2D eigenvalue weighted by atomic mass is 31.2. The highest BCUT2D eigenvalue weighted by Gasteiger charge is 2.37. The Labute approximate surface area is 222 Å². The second-order valence-corrected chi connectivity index (χ2v) is 10.0. The number of hydrogen-bond donors (Lipinski definition) is 4. The van der Waals surface area contributed by atoms with Crippen molar-refractivity contribution < 1.29 is 41.6 Å². The second kappa shape index (κ2) is 12.0. The SMILES string of the molecule is [C-]#[N+]c1cc(NC(=O)[C@@](C)(N)COP(=O)(O)O)cc(C(F)(F)F)c1OCCc1ccc(-c2ccccc2)cc1. The van der Waals surface area contributed by atoms with Gasteiger partial charge in [0.05, 0.1) is 25.3 Å². The number of nitrogens with one attached hydrogen (secondary N) is 1. The Hall–Kier alpha value is -3.72. The van der Waals surface area contributed by atoms with Crippen molar-refractivity contribution in [3.63, 3.8) is 0 Å². The van der Waals surface area contributed by atoms with Gasteiger partial charge in [-0.2, -0.15) is 13.2 Å². The molecule has 0 aliphatic rings. The Morgan fingerprint density at radius 2 is 1.69 bits per heavy atom. The molecule has 0 radical (unpaired) electrons. The number of ether oxygens (including phenoxy) is 1. The van der Waals surface area contributed by atoms with Crippen LogP contribution in [0.25, 0.3) is 16.0 Å². The molecule has 1 amide bonds. The Kier molecular flexibility index (Phi) is 9.17. The van der Waals surface area contributed by atoms with E-state index in [1.54, 1.807) is 0 Å². The van der Waals surface area contributed by atoms with Crippen molar-refractivity contribution >= 4 is 25.1 Å². The summed E-state index contributed by atoms with van der Waals surface area (Å²) in [6, 6.07) is 18.7. The fraction of sp³-hybridized carbons (Fsp3) is 0.231. The van der Waals surface area contributed by atoms with Gasteiger partial charge in [0.1, 0.15) is 11.3 Å². The maximum Gasteiger partial charge on any atom is 0.469 e. The predicted molar refractivity (Wildman–Crippen MR) is 138 cm³/mol. The lowest BCUT2D eigenvalue weighted by Crippen LogP contribution is -2.52. The summed E-state index contributed by atoms with van der Waals surface area (Å²) in [6.45, 7) is 7.36. The summed E-state index contributed by atoms with van der Waals surface area (Å²) in [5.74, 6) is -1.77. The number of carbonyl (C=O) groups is 1. The topological polar surface area (TPSA) is 135 Å². The smallest absolute Gasteiger partial charge is 0.469 e. The van der Waals surface area contributed by atoms with Crippen LogP contribution in [0.5, 0.6) is 5.75 Å². The second-order valence-electron chi connectivity index (χ2n) is 8.78. The Balaban J connectivity index is 1.76. The van der Waals surface area contributed by atoms with E-state index in [1.807, 2.05) is 54.6 Å². The van der Waals surface area contributed by atoms with E-state index in [0.717, 1.165) is 29.7 Å². The van der Waals surface area contributed by atoms with Crippen LogP contribution in [-0.2, 0) is 26.5 Å². The molecule has 0 bridgehead atoms. The molecule has 0 unspecified atom stereocenters. The van der Waals surface area contributed by atoms with Crippen molar-refractivity contribution in [3.05, 3.63) is 89.3 Å². The summed E-state index contributed by atoms with van der Waals surface area (Å²) in [6.07, 6.45) is -4.66. The van der Waals surface area contributed by atoms with Crippen molar-refractivity contribution in [2.75, 3.05) is 18.5 Å². The number of benzene rings is 3. The number of phosphoric ester groups is 1. The van der Waals surface area contributed by atoms with Gasteiger partial charge in [0.15, 0.2) is 0 Å². The number of halogens is 3. The first-order chi connectivity index (χ1) is 18.2. The molecule has 0 saturated heterocycles. The van der Waals surface area contributed by atoms with Crippen LogP contribution < -0.4 is 15.8 Å². The molecule has 0 aliphatic heterocycles. The van der Waals surface area contributed by atoms with Crippen LogP contribution in [0.1, 0.15) is 18.1 Å². The van der Waals surface area contributed by atoms with Gasteiger partial charge in [0.25, 0.3) is 0 Å². The average molecular weight is 563 g/mol. The maximum atomic E-state index is 13.9. The highest BCUT2D eigenvalue weighted by molar-refractivity contribution is 7.46. The molecule has 0 heterocycles. The Morgan fingerprint density at radius 1 is 1.08 bits per heavy atom. The van der Waals surface area contributed by atoms with Crippen molar-refractivity contribution in [1.29, 1.82) is 0 Å². The molecule has 9 nitrogen and oxygen atoms in total. The number of hydrogen-bond acceptors (Lipinski definition) is 5. The Bertz CT molecular complexity index is 1400. The van der Waals surface area contributed by atoms with E-state index in [-0.39, 0.29) is 13.0 Å². The van der Waals surface area contributed by atoms with Gasteiger partial charge in [-0.1, -0.05) is 54.6 Å². The molecule has 3 aromatic carbocycles. The summed E-state index contributed by atoms with van der Waals surface area (Å²) in [5, 5.41) is 2.14. The van der Waals surface area contributed by atoms with E-state index >= 15 is 0 Å². The van der Waals surface area contributed by atoms with Crippen LogP contribution >= 0.6 is 7.82 Å². The lowest BCUT2D eigenvalue weighted by atomic mass is 10.0. The number of alkyl halides is 3. The fourth-order valence-electron chi connectivity index (χ4n) is 3.45. The van der Waals surface area contributed by atoms with Gasteiger partial charge in [0.2, 0.25) is 11.6 Å². The molecule has 13 heteroatoms. The predicted octanol–water partition coefficient (Wildman–Crippen LogP) is 5.31. The van der Waals surface area contributed by atoms with Crippen LogP contribution in [-0.4, -0.2) is 34.4 Å². The minimum atomic E-state index is -4.95. The highest BCUT2D eigenvalue weighted by Crippen LogP contribution is 2.44. The first-order valence-electron chi connectivity index (χ1n) is 11.4. The van der Waals surface area contributed by atoms with Crippen molar-refractivity contribution in [1.82, 2.24) is 0 Å². The molecule has 0 fully saturated rings. The number of nitrogens with two attached hydrogens (primary N) is 1. The zero-order chi connectivity index (χ0) is 28.8. The number of rotatable bonds is 10. The first-order valence-corrected chi connectivity index (χ1v) is 12.9. The average Bonchev–Trinajstić information content (AvgIpc) is 2.88. The van der Waals surface area contributed by atoms with Crippen molar-refractivity contribution in [3.8, 4) is 16.9 Å². The van der Waals surface area contributed by atoms with Gasteiger partial charge < -0.3 is 25.6 Å². The van der Waals surface area contributed by atoms with Crippen molar-refractivity contribution in [2.45, 2.75) is 25.1 Å². The molecule has 0 aliphatic carbocycles. The summed E-state index contributed by atoms with van der Waals surface area (Å²) in [4.78, 5) is 33.2. The maximum absolute atomic E-state index is 13.9. The third-order valence-corrected chi connectivity index (χ3v) is 5.97. The number of anilines is 1. The lowest BCUT2D eigenvalue weighted by Gasteiger charge is -2.24. The van der Waals surface area contributed by atoms with E-state index in [4.69, 9.17) is 26.8 Å². The molecule has 0 saturated carbocycles. The molecule has 5 N–H and O–H groups in total. The molecular weight excluding hydrogens is 538 g/mol. The van der Waals surface area contributed by atoms with Gasteiger partial charge in [-0.05, 0) is 35.7 Å². The minimum Gasteiger partial charge on any atom is -0.504 e. The van der Waals surface area contributed by atoms with Crippen molar-refractivity contribution in [2.24, 2.45) is 5.73 Å². The summed E-state index contributed by atoms with van der Waals surface area (Å²) >= 11 is 0. The van der Waals surface area contributed by atoms with E-state index in [1.165, 1.54) is 0 Å². The third kappa shape index (κ3) is 8.38. The molecular formula is C26H25F3N3O6P. The van der Waals surface area contributed by atoms with Crippen LogP contribution in [0, 0.1) is 6.57 Å². The molecule has 3 aromatic rings. The molecule has 206 valence electrons. The fourth-order valence-corrected chi connectivity index (χ4v) is 3.89. The molecule has 0 spiro atoms. The van der Waals surface area contributed by atoms with Gasteiger partial charge in [-0.25, -0.2) is 9.41 Å². The van der Waals surface area contributed by atoms with Crippen LogP contribution in [0.2, 0.25) is 0 Å². The Morgan fingerprint density at radius 3 is 2.26 bits per heavy atom. The van der Waals surface area contributed by atoms with E-state index < -0.39 is 54.7 Å². The van der Waals surface area contributed by atoms with Gasteiger partial charge in [0, 0.05) is 12.1 Å². The van der Waals surface area contributed by atoms with Crippen LogP contribution in [0.4, 0.5) is 24.5 Å². The van der Waals surface area contributed by atoms with Crippen LogP contribution in [0.15, 0.2) is 66.7 Å². The van der Waals surface area contributed by atoms with E-state index in [2.05, 4.69) is 14.7 Å². The minimum absolute atomic E-state index is 0.150. The summed E-state index contributed by atoms with van der Waals surface area (Å²) in [5.41, 5.74) is 4.34. The molecule has 0 aromatic heterocycles. The lowest BCUT2D eigenvalue weighted by molar-refractivity contribution is -0.138.